The van der Waals surface area contributed by atoms with E-state index in [9.17, 15) is 13.2 Å². The first kappa shape index (κ1) is 16.6. The number of carbonyl (C=O) groups excluding carboxylic acids is 1. The zero-order chi connectivity index (χ0) is 15.6. The van der Waals surface area contributed by atoms with E-state index in [4.69, 9.17) is 23.2 Å². The van der Waals surface area contributed by atoms with Crippen molar-refractivity contribution >= 4 is 38.9 Å². The fourth-order valence-corrected chi connectivity index (χ4v) is 4.04. The Kier molecular flexibility index (Phi) is 5.17. The summed E-state index contributed by atoms with van der Waals surface area (Å²) in [6.45, 7) is 0.779. The van der Waals surface area contributed by atoms with Crippen molar-refractivity contribution in [1.29, 1.82) is 0 Å². The highest BCUT2D eigenvalue weighted by atomic mass is 35.5. The third kappa shape index (κ3) is 4.11. The van der Waals surface area contributed by atoms with E-state index in [-0.39, 0.29) is 18.9 Å². The molecule has 7 heteroatoms. The average Bonchev–Trinajstić information content (AvgIpc) is 2.87. The SMILES string of the molecule is CS(=O)(=O)C1CCN(C(=O)CCc2c(Cl)cccc2Cl)C1. The van der Waals surface area contributed by atoms with Crippen LogP contribution in [0.3, 0.4) is 0 Å². The van der Waals surface area contributed by atoms with Crippen molar-refractivity contribution in [3.8, 4) is 0 Å². The van der Waals surface area contributed by atoms with Crippen LogP contribution >= 0.6 is 23.2 Å². The Balaban J connectivity index is 1.95. The molecule has 1 amide bonds. The van der Waals surface area contributed by atoms with Gasteiger partial charge in [-0.3, -0.25) is 4.79 Å². The van der Waals surface area contributed by atoms with E-state index in [1.165, 1.54) is 6.26 Å². The van der Waals surface area contributed by atoms with Crippen molar-refractivity contribution < 1.29 is 13.2 Å². The van der Waals surface area contributed by atoms with Crippen LogP contribution in [0.25, 0.3) is 0 Å². The third-order valence-electron chi connectivity index (χ3n) is 3.75. The molecule has 1 heterocycles. The maximum Gasteiger partial charge on any atom is 0.222 e. The van der Waals surface area contributed by atoms with Gasteiger partial charge in [-0.25, -0.2) is 8.42 Å². The highest BCUT2D eigenvalue weighted by Gasteiger charge is 2.32. The van der Waals surface area contributed by atoms with Crippen LogP contribution in [-0.2, 0) is 21.1 Å². The molecule has 0 radical (unpaired) electrons. The average molecular weight is 350 g/mol. The Bertz CT molecular complexity index is 625. The van der Waals surface area contributed by atoms with E-state index >= 15 is 0 Å². The molecular weight excluding hydrogens is 333 g/mol. The number of hydrogen-bond acceptors (Lipinski definition) is 3. The summed E-state index contributed by atoms with van der Waals surface area (Å²) in [4.78, 5) is 13.8. The first-order valence-corrected chi connectivity index (χ1v) is 9.39. The van der Waals surface area contributed by atoms with Crippen LogP contribution in [0.15, 0.2) is 18.2 Å². The predicted molar refractivity (Wildman–Crippen MR) is 84.6 cm³/mol. The van der Waals surface area contributed by atoms with Crippen LogP contribution in [0.5, 0.6) is 0 Å². The maximum atomic E-state index is 12.2. The summed E-state index contributed by atoms with van der Waals surface area (Å²) in [6.07, 6.45) is 2.46. The van der Waals surface area contributed by atoms with Gasteiger partial charge in [-0.15, -0.1) is 0 Å². The van der Waals surface area contributed by atoms with E-state index in [1.807, 2.05) is 0 Å². The largest absolute Gasteiger partial charge is 0.341 e. The standard InChI is InChI=1S/C14H17Cl2NO3S/c1-21(19,20)10-7-8-17(9-10)14(18)6-5-11-12(15)3-2-4-13(11)16/h2-4,10H,5-9H2,1H3. The van der Waals surface area contributed by atoms with Crippen molar-refractivity contribution in [3.05, 3.63) is 33.8 Å². The van der Waals surface area contributed by atoms with E-state index in [1.54, 1.807) is 23.1 Å². The molecule has 0 aromatic heterocycles. The zero-order valence-electron chi connectivity index (χ0n) is 11.7. The minimum absolute atomic E-state index is 0.0582. The Morgan fingerprint density at radius 2 is 1.95 bits per heavy atom. The van der Waals surface area contributed by atoms with Gasteiger partial charge in [-0.05, 0) is 30.5 Å². The fraction of sp³-hybridized carbons (Fsp3) is 0.500. The molecule has 2 rings (SSSR count). The number of likely N-dealkylation sites (tertiary alicyclic amines) is 1. The molecule has 1 atom stereocenters. The van der Waals surface area contributed by atoms with Crippen molar-refractivity contribution in [2.45, 2.75) is 24.5 Å². The van der Waals surface area contributed by atoms with Crippen LogP contribution in [0.1, 0.15) is 18.4 Å². The second kappa shape index (κ2) is 6.55. The summed E-state index contributed by atoms with van der Waals surface area (Å²) in [6, 6.07) is 5.23. The van der Waals surface area contributed by atoms with Gasteiger partial charge >= 0.3 is 0 Å². The van der Waals surface area contributed by atoms with Gasteiger partial charge in [0.05, 0.1) is 5.25 Å². The normalized spacial score (nSPS) is 19.0. The lowest BCUT2D eigenvalue weighted by Gasteiger charge is -2.16. The maximum absolute atomic E-state index is 12.2. The van der Waals surface area contributed by atoms with Gasteiger partial charge in [0.1, 0.15) is 0 Å². The molecule has 1 aromatic carbocycles. The molecule has 1 aliphatic heterocycles. The second-order valence-electron chi connectivity index (χ2n) is 5.28. The fourth-order valence-electron chi connectivity index (χ4n) is 2.47. The Hall–Kier alpha value is -0.780. The molecule has 0 N–H and O–H groups in total. The molecule has 1 fully saturated rings. The molecule has 0 aliphatic carbocycles. The van der Waals surface area contributed by atoms with Gasteiger partial charge in [0, 0.05) is 35.8 Å². The summed E-state index contributed by atoms with van der Waals surface area (Å²) in [5, 5.41) is 0.654. The van der Waals surface area contributed by atoms with E-state index < -0.39 is 15.1 Å². The van der Waals surface area contributed by atoms with Crippen LogP contribution in [0.2, 0.25) is 10.0 Å². The number of rotatable bonds is 4. The van der Waals surface area contributed by atoms with Crippen LogP contribution in [-0.4, -0.2) is 43.8 Å². The molecule has 1 aliphatic rings. The van der Waals surface area contributed by atoms with Crippen molar-refractivity contribution in [2.24, 2.45) is 0 Å². The molecule has 0 spiro atoms. The lowest BCUT2D eigenvalue weighted by atomic mass is 10.1. The van der Waals surface area contributed by atoms with Crippen molar-refractivity contribution in [2.75, 3.05) is 19.3 Å². The van der Waals surface area contributed by atoms with Gasteiger partial charge in [-0.2, -0.15) is 0 Å². The van der Waals surface area contributed by atoms with Gasteiger partial charge in [0.25, 0.3) is 0 Å². The molecule has 0 saturated carbocycles. The highest BCUT2D eigenvalue weighted by Crippen LogP contribution is 2.26. The summed E-state index contributed by atoms with van der Waals surface area (Å²) in [7, 11) is -3.09. The Morgan fingerprint density at radius 3 is 2.48 bits per heavy atom. The van der Waals surface area contributed by atoms with Crippen LogP contribution < -0.4 is 0 Å². The van der Waals surface area contributed by atoms with E-state index in [2.05, 4.69) is 0 Å². The number of carbonyl (C=O) groups is 1. The molecule has 4 nitrogen and oxygen atoms in total. The molecule has 1 unspecified atom stereocenters. The minimum Gasteiger partial charge on any atom is -0.341 e. The van der Waals surface area contributed by atoms with E-state index in [0.717, 1.165) is 5.56 Å². The number of hydrogen-bond donors (Lipinski definition) is 0. The molecule has 1 saturated heterocycles. The Morgan fingerprint density at radius 1 is 1.33 bits per heavy atom. The van der Waals surface area contributed by atoms with Gasteiger partial charge in [-0.1, -0.05) is 29.3 Å². The third-order valence-corrected chi connectivity index (χ3v) is 6.06. The predicted octanol–water partition coefficient (Wildman–Crippen LogP) is 2.57. The number of nitrogens with zero attached hydrogens (tertiary/aromatic N) is 1. The molecular formula is C14H17Cl2NO3S. The first-order valence-electron chi connectivity index (χ1n) is 6.68. The van der Waals surface area contributed by atoms with Crippen molar-refractivity contribution in [1.82, 2.24) is 4.90 Å². The first-order chi connectivity index (χ1) is 9.79. The Labute approximate surface area is 134 Å². The summed E-state index contributed by atoms with van der Waals surface area (Å²) in [5.41, 5.74) is 0.757. The van der Waals surface area contributed by atoms with Gasteiger partial charge in [0.2, 0.25) is 5.91 Å². The molecule has 1 aromatic rings. The van der Waals surface area contributed by atoms with Crippen molar-refractivity contribution in [3.63, 3.8) is 0 Å². The summed E-state index contributed by atoms with van der Waals surface area (Å²) < 4.78 is 23.0. The lowest BCUT2D eigenvalue weighted by molar-refractivity contribution is -0.130. The number of benzene rings is 1. The molecule has 21 heavy (non-hydrogen) atoms. The number of amides is 1. The molecule has 116 valence electrons. The van der Waals surface area contributed by atoms with Gasteiger partial charge in [0.15, 0.2) is 9.84 Å². The summed E-state index contributed by atoms with van der Waals surface area (Å²) in [5.74, 6) is -0.0582. The minimum atomic E-state index is -3.09. The van der Waals surface area contributed by atoms with E-state index in [0.29, 0.717) is 29.4 Å². The second-order valence-corrected chi connectivity index (χ2v) is 8.42. The smallest absolute Gasteiger partial charge is 0.222 e. The number of halogens is 2. The summed E-state index contributed by atoms with van der Waals surface area (Å²) >= 11 is 12.1. The van der Waals surface area contributed by atoms with Crippen LogP contribution in [0, 0.1) is 0 Å². The lowest BCUT2D eigenvalue weighted by Crippen LogP contribution is -2.31. The molecule has 0 bridgehead atoms. The monoisotopic (exact) mass is 349 g/mol. The zero-order valence-corrected chi connectivity index (χ0v) is 14.0. The highest BCUT2D eigenvalue weighted by molar-refractivity contribution is 7.91. The van der Waals surface area contributed by atoms with Gasteiger partial charge < -0.3 is 4.90 Å². The van der Waals surface area contributed by atoms with Crippen LogP contribution in [0.4, 0.5) is 0 Å². The topological polar surface area (TPSA) is 54.5 Å². The quantitative estimate of drug-likeness (QED) is 0.839. The number of sulfone groups is 1.